The molecule has 2 heteroatoms. The Labute approximate surface area is 85.5 Å². The highest BCUT2D eigenvalue weighted by atomic mass is 16.5. The topological polar surface area (TPSA) is 29.5 Å². The monoisotopic (exact) mass is 194 g/mol. The quantitative estimate of drug-likeness (QED) is 0.801. The van der Waals surface area contributed by atoms with Crippen molar-refractivity contribution in [3.63, 3.8) is 0 Å². The number of phenolic OH excluding ortho intramolecular Hbond substituents is 1. The Kier molecular flexibility index (Phi) is 3.39. The van der Waals surface area contributed by atoms with Gasteiger partial charge in [-0.2, -0.15) is 0 Å². The van der Waals surface area contributed by atoms with Crippen molar-refractivity contribution < 1.29 is 9.84 Å². The van der Waals surface area contributed by atoms with Crippen molar-refractivity contribution in [1.82, 2.24) is 0 Å². The molecule has 2 nitrogen and oxygen atoms in total. The summed E-state index contributed by atoms with van der Waals surface area (Å²) in [4.78, 5) is 0. The Hall–Kier alpha value is -1.18. The molecule has 0 bridgehead atoms. The fourth-order valence-electron chi connectivity index (χ4n) is 1.52. The molecule has 0 aromatic heterocycles. The van der Waals surface area contributed by atoms with Gasteiger partial charge in [0, 0.05) is 5.56 Å². The average Bonchev–Trinajstić information content (AvgIpc) is 2.11. The van der Waals surface area contributed by atoms with Gasteiger partial charge in [0.25, 0.3) is 0 Å². The standard InChI is InChI=1S/C12H18O2/c1-5-10-9(4)11(13)6-7-12(10)14-8(2)3/h6-8,13H,5H2,1-4H3. The highest BCUT2D eigenvalue weighted by Gasteiger charge is 2.09. The molecule has 0 saturated carbocycles. The third kappa shape index (κ3) is 2.19. The van der Waals surface area contributed by atoms with Gasteiger partial charge in [-0.25, -0.2) is 0 Å². The molecular weight excluding hydrogens is 176 g/mol. The summed E-state index contributed by atoms with van der Waals surface area (Å²) < 4.78 is 5.66. The van der Waals surface area contributed by atoms with Crippen molar-refractivity contribution in [2.75, 3.05) is 0 Å². The van der Waals surface area contributed by atoms with Gasteiger partial charge in [-0.15, -0.1) is 0 Å². The van der Waals surface area contributed by atoms with Crippen LogP contribution in [0.5, 0.6) is 11.5 Å². The van der Waals surface area contributed by atoms with Gasteiger partial charge in [0.05, 0.1) is 6.10 Å². The molecule has 0 atom stereocenters. The van der Waals surface area contributed by atoms with Crippen molar-refractivity contribution in [3.8, 4) is 11.5 Å². The van der Waals surface area contributed by atoms with Gasteiger partial charge in [0.2, 0.25) is 0 Å². The van der Waals surface area contributed by atoms with Crippen LogP contribution in [0, 0.1) is 6.92 Å². The number of ether oxygens (including phenoxy) is 1. The molecule has 0 heterocycles. The molecule has 0 fully saturated rings. The molecule has 1 aromatic carbocycles. The van der Waals surface area contributed by atoms with Crippen LogP contribution in [0.4, 0.5) is 0 Å². The Bertz CT molecular complexity index is 316. The lowest BCUT2D eigenvalue weighted by molar-refractivity contribution is 0.239. The van der Waals surface area contributed by atoms with E-state index in [0.29, 0.717) is 5.75 Å². The number of rotatable bonds is 3. The largest absolute Gasteiger partial charge is 0.508 e. The first kappa shape index (κ1) is 10.9. The molecule has 0 saturated heterocycles. The van der Waals surface area contributed by atoms with Gasteiger partial charge in [0.15, 0.2) is 0 Å². The summed E-state index contributed by atoms with van der Waals surface area (Å²) >= 11 is 0. The highest BCUT2D eigenvalue weighted by Crippen LogP contribution is 2.29. The van der Waals surface area contributed by atoms with Crippen LogP contribution in [-0.2, 0) is 6.42 Å². The first-order valence-electron chi connectivity index (χ1n) is 5.04. The maximum absolute atomic E-state index is 9.53. The fourth-order valence-corrected chi connectivity index (χ4v) is 1.52. The lowest BCUT2D eigenvalue weighted by Crippen LogP contribution is -2.08. The van der Waals surface area contributed by atoms with E-state index in [1.54, 1.807) is 6.07 Å². The molecule has 0 amide bonds. The Balaban J connectivity index is 3.10. The van der Waals surface area contributed by atoms with E-state index < -0.39 is 0 Å². The highest BCUT2D eigenvalue weighted by molar-refractivity contribution is 5.47. The predicted molar refractivity (Wildman–Crippen MR) is 58.0 cm³/mol. The van der Waals surface area contributed by atoms with Crippen LogP contribution in [0.25, 0.3) is 0 Å². The number of hydrogen-bond donors (Lipinski definition) is 1. The maximum atomic E-state index is 9.53. The molecular formula is C12H18O2. The van der Waals surface area contributed by atoms with Crippen molar-refractivity contribution in [1.29, 1.82) is 0 Å². The Morgan fingerprint density at radius 2 is 2.00 bits per heavy atom. The molecule has 0 aliphatic carbocycles. The van der Waals surface area contributed by atoms with Gasteiger partial charge >= 0.3 is 0 Å². The number of phenols is 1. The van der Waals surface area contributed by atoms with Gasteiger partial charge in [-0.1, -0.05) is 6.92 Å². The molecule has 0 aliphatic rings. The second-order valence-corrected chi connectivity index (χ2v) is 3.71. The summed E-state index contributed by atoms with van der Waals surface area (Å²) in [6.45, 7) is 7.99. The van der Waals surface area contributed by atoms with Gasteiger partial charge in [0.1, 0.15) is 11.5 Å². The number of benzene rings is 1. The normalized spacial score (nSPS) is 10.6. The van der Waals surface area contributed by atoms with Crippen LogP contribution in [0.3, 0.4) is 0 Å². The van der Waals surface area contributed by atoms with Crippen LogP contribution in [0.2, 0.25) is 0 Å². The zero-order valence-electron chi connectivity index (χ0n) is 9.29. The number of hydrogen-bond acceptors (Lipinski definition) is 2. The van der Waals surface area contributed by atoms with Crippen molar-refractivity contribution in [2.45, 2.75) is 40.2 Å². The van der Waals surface area contributed by atoms with E-state index in [4.69, 9.17) is 4.74 Å². The molecule has 1 N–H and O–H groups in total. The van der Waals surface area contributed by atoms with Crippen LogP contribution in [0.1, 0.15) is 31.9 Å². The van der Waals surface area contributed by atoms with Crippen LogP contribution >= 0.6 is 0 Å². The van der Waals surface area contributed by atoms with Gasteiger partial charge in [-0.3, -0.25) is 0 Å². The molecule has 1 rings (SSSR count). The summed E-state index contributed by atoms with van der Waals surface area (Å²) in [5, 5.41) is 9.53. The Morgan fingerprint density at radius 1 is 1.36 bits per heavy atom. The molecule has 0 spiro atoms. The van der Waals surface area contributed by atoms with Crippen molar-refractivity contribution in [2.24, 2.45) is 0 Å². The molecule has 0 unspecified atom stereocenters. The minimum absolute atomic E-state index is 0.171. The summed E-state index contributed by atoms with van der Waals surface area (Å²) in [6.07, 6.45) is 1.05. The summed E-state index contributed by atoms with van der Waals surface area (Å²) in [7, 11) is 0. The molecule has 0 radical (unpaired) electrons. The van der Waals surface area contributed by atoms with E-state index in [1.165, 1.54) is 0 Å². The van der Waals surface area contributed by atoms with Crippen molar-refractivity contribution >= 4 is 0 Å². The zero-order chi connectivity index (χ0) is 10.7. The molecule has 1 aromatic rings. The SMILES string of the molecule is CCc1c(OC(C)C)ccc(O)c1C. The summed E-state index contributed by atoms with van der Waals surface area (Å²) in [5.74, 6) is 1.23. The second-order valence-electron chi connectivity index (χ2n) is 3.71. The zero-order valence-corrected chi connectivity index (χ0v) is 9.29. The first-order valence-corrected chi connectivity index (χ1v) is 5.04. The predicted octanol–water partition coefficient (Wildman–Crippen LogP) is 3.05. The van der Waals surface area contributed by atoms with E-state index in [2.05, 4.69) is 6.92 Å². The molecule has 78 valence electrons. The molecule has 0 aliphatic heterocycles. The van der Waals surface area contributed by atoms with Crippen molar-refractivity contribution in [3.05, 3.63) is 23.3 Å². The smallest absolute Gasteiger partial charge is 0.123 e. The maximum Gasteiger partial charge on any atom is 0.123 e. The first-order chi connectivity index (χ1) is 6.56. The minimum atomic E-state index is 0.171. The van der Waals surface area contributed by atoms with E-state index in [1.807, 2.05) is 26.8 Å². The average molecular weight is 194 g/mol. The minimum Gasteiger partial charge on any atom is -0.508 e. The summed E-state index contributed by atoms with van der Waals surface area (Å²) in [6, 6.07) is 3.52. The fraction of sp³-hybridized carbons (Fsp3) is 0.500. The van der Waals surface area contributed by atoms with Gasteiger partial charge in [-0.05, 0) is 44.9 Å². The third-order valence-corrected chi connectivity index (χ3v) is 2.24. The third-order valence-electron chi connectivity index (χ3n) is 2.24. The van der Waals surface area contributed by atoms with Crippen LogP contribution in [-0.4, -0.2) is 11.2 Å². The van der Waals surface area contributed by atoms with E-state index in [-0.39, 0.29) is 6.10 Å². The van der Waals surface area contributed by atoms with Crippen LogP contribution < -0.4 is 4.74 Å². The lowest BCUT2D eigenvalue weighted by Gasteiger charge is -2.15. The number of aromatic hydroxyl groups is 1. The molecule has 14 heavy (non-hydrogen) atoms. The summed E-state index contributed by atoms with van der Waals surface area (Å²) in [5.41, 5.74) is 2.02. The van der Waals surface area contributed by atoms with Crippen LogP contribution in [0.15, 0.2) is 12.1 Å². The second kappa shape index (κ2) is 4.36. The Morgan fingerprint density at radius 3 is 2.50 bits per heavy atom. The van der Waals surface area contributed by atoms with E-state index >= 15 is 0 Å². The van der Waals surface area contributed by atoms with Gasteiger partial charge < -0.3 is 9.84 Å². The van der Waals surface area contributed by atoms with E-state index in [9.17, 15) is 5.11 Å². The lowest BCUT2D eigenvalue weighted by atomic mass is 10.0. The van der Waals surface area contributed by atoms with E-state index in [0.717, 1.165) is 23.3 Å².